The van der Waals surface area contributed by atoms with Crippen molar-refractivity contribution in [3.8, 4) is 17.0 Å². The van der Waals surface area contributed by atoms with Gasteiger partial charge in [0.15, 0.2) is 17.4 Å². The number of carbonyl (C=O) groups is 3. The number of nitrogens with one attached hydrogen (secondary N) is 3. The molecule has 266 valence electrons. The third kappa shape index (κ3) is 9.60. The van der Waals surface area contributed by atoms with Crippen molar-refractivity contribution >= 4 is 35.1 Å². The van der Waals surface area contributed by atoms with Gasteiger partial charge < -0.3 is 35.3 Å². The molecule has 0 atom stereocenters. The Morgan fingerprint density at radius 2 is 1.76 bits per heavy atom. The van der Waals surface area contributed by atoms with E-state index < -0.39 is 42.0 Å². The minimum Gasteiger partial charge on any atom is -0.475 e. The molecule has 2 aliphatic heterocycles. The SMILES string of the molecule is Cn1c(-c2ccc(OC(F)F)c(F)c2F)cnc1C(=O)Nc1ccc(C(=O)NCCC2CN(CC3CNC3)C2)c(Cl)c1.O=C(O)C(F)(F)F. The molecule has 0 aliphatic carbocycles. The molecule has 1 aromatic heterocycles. The largest absolute Gasteiger partial charge is 0.490 e. The summed E-state index contributed by atoms with van der Waals surface area (Å²) in [5.41, 5.74) is 0.268. The molecule has 0 unspecified atom stereocenters. The maximum atomic E-state index is 14.6. The van der Waals surface area contributed by atoms with E-state index in [0.29, 0.717) is 12.5 Å². The highest BCUT2D eigenvalue weighted by molar-refractivity contribution is 6.34. The fraction of sp³-hybridized carbons (Fsp3) is 0.400. The van der Waals surface area contributed by atoms with Gasteiger partial charge in [0.05, 0.1) is 22.5 Å². The zero-order valence-electron chi connectivity index (χ0n) is 25.6. The van der Waals surface area contributed by atoms with Crippen LogP contribution in [0.3, 0.4) is 0 Å². The van der Waals surface area contributed by atoms with E-state index in [9.17, 15) is 40.3 Å². The maximum absolute atomic E-state index is 14.6. The number of benzene rings is 2. The molecule has 2 amide bonds. The van der Waals surface area contributed by atoms with Crippen LogP contribution in [-0.2, 0) is 11.8 Å². The van der Waals surface area contributed by atoms with E-state index in [2.05, 4.69) is 30.6 Å². The molecule has 19 heteroatoms. The molecule has 4 N–H and O–H groups in total. The fourth-order valence-electron chi connectivity index (χ4n) is 5.09. The first-order valence-electron chi connectivity index (χ1n) is 14.6. The Morgan fingerprint density at radius 3 is 2.33 bits per heavy atom. The number of carbonyl (C=O) groups excluding carboxylic acids is 2. The van der Waals surface area contributed by atoms with E-state index in [-0.39, 0.29) is 39.3 Å². The molecule has 0 bridgehead atoms. The molecule has 49 heavy (non-hydrogen) atoms. The van der Waals surface area contributed by atoms with Crippen LogP contribution in [0.1, 0.15) is 27.4 Å². The van der Waals surface area contributed by atoms with Crippen molar-refractivity contribution in [3.05, 3.63) is 64.6 Å². The minimum absolute atomic E-state index is 0.0236. The van der Waals surface area contributed by atoms with E-state index in [1.807, 2.05) is 0 Å². The minimum atomic E-state index is -5.08. The number of hydrogen-bond acceptors (Lipinski definition) is 7. The van der Waals surface area contributed by atoms with Crippen LogP contribution < -0.4 is 20.7 Å². The summed E-state index contributed by atoms with van der Waals surface area (Å²) < 4.78 is 90.6. The van der Waals surface area contributed by atoms with Crippen molar-refractivity contribution in [2.45, 2.75) is 19.2 Å². The fourth-order valence-corrected chi connectivity index (χ4v) is 5.35. The van der Waals surface area contributed by atoms with Crippen molar-refractivity contribution < 1.29 is 55.0 Å². The first kappa shape index (κ1) is 37.4. The third-order valence-corrected chi connectivity index (χ3v) is 8.01. The van der Waals surface area contributed by atoms with Crippen LogP contribution in [0, 0.1) is 23.5 Å². The van der Waals surface area contributed by atoms with Crippen molar-refractivity contribution in [2.24, 2.45) is 18.9 Å². The van der Waals surface area contributed by atoms with Gasteiger partial charge >= 0.3 is 18.8 Å². The van der Waals surface area contributed by atoms with Gasteiger partial charge in [-0.1, -0.05) is 11.6 Å². The van der Waals surface area contributed by atoms with Crippen LogP contribution in [0.15, 0.2) is 36.5 Å². The number of alkyl halides is 5. The molecule has 2 saturated heterocycles. The predicted octanol–water partition coefficient (Wildman–Crippen LogP) is 4.78. The zero-order valence-corrected chi connectivity index (χ0v) is 26.3. The number of rotatable bonds is 11. The van der Waals surface area contributed by atoms with Crippen molar-refractivity contribution in [2.75, 3.05) is 44.6 Å². The summed E-state index contributed by atoms with van der Waals surface area (Å²) in [7, 11) is 1.41. The second-order valence-electron chi connectivity index (χ2n) is 11.2. The smallest absolute Gasteiger partial charge is 0.475 e. The highest BCUT2D eigenvalue weighted by Gasteiger charge is 2.38. The van der Waals surface area contributed by atoms with Gasteiger partial charge in [-0.05, 0) is 48.6 Å². The molecule has 2 fully saturated rings. The molecular formula is C30H30ClF7N6O5. The summed E-state index contributed by atoms with van der Waals surface area (Å²) in [6.07, 6.45) is -3.06. The average molecular weight is 723 g/mol. The maximum Gasteiger partial charge on any atom is 0.490 e. The molecule has 2 aliphatic rings. The van der Waals surface area contributed by atoms with Gasteiger partial charge in [0.1, 0.15) is 0 Å². The van der Waals surface area contributed by atoms with Crippen LogP contribution in [0.2, 0.25) is 5.02 Å². The van der Waals surface area contributed by atoms with Crippen LogP contribution in [0.25, 0.3) is 11.3 Å². The molecule has 5 rings (SSSR count). The molecule has 0 saturated carbocycles. The lowest BCUT2D eigenvalue weighted by Gasteiger charge is -2.43. The number of hydrogen-bond donors (Lipinski definition) is 4. The summed E-state index contributed by atoms with van der Waals surface area (Å²) in [5, 5.41) is 16.0. The van der Waals surface area contributed by atoms with Gasteiger partial charge in [-0.2, -0.15) is 26.3 Å². The van der Waals surface area contributed by atoms with E-state index in [1.165, 1.54) is 29.8 Å². The van der Waals surface area contributed by atoms with Crippen LogP contribution >= 0.6 is 11.6 Å². The Hall–Kier alpha value is -4.42. The monoisotopic (exact) mass is 722 g/mol. The van der Waals surface area contributed by atoms with E-state index in [0.717, 1.165) is 63.4 Å². The summed E-state index contributed by atoms with van der Waals surface area (Å²) in [6, 6.07) is 6.35. The van der Waals surface area contributed by atoms with Gasteiger partial charge in [-0.25, -0.2) is 14.2 Å². The van der Waals surface area contributed by atoms with Gasteiger partial charge in [-0.3, -0.25) is 9.59 Å². The summed E-state index contributed by atoms with van der Waals surface area (Å²) >= 11 is 6.33. The van der Waals surface area contributed by atoms with Crippen LogP contribution in [-0.4, -0.2) is 89.4 Å². The number of nitrogens with zero attached hydrogens (tertiary/aromatic N) is 3. The molecule has 3 aromatic rings. The quantitative estimate of drug-likeness (QED) is 0.208. The average Bonchev–Trinajstić information content (AvgIpc) is 3.35. The van der Waals surface area contributed by atoms with E-state index >= 15 is 0 Å². The van der Waals surface area contributed by atoms with Crippen molar-refractivity contribution in [1.29, 1.82) is 0 Å². The van der Waals surface area contributed by atoms with Crippen molar-refractivity contribution in [1.82, 2.24) is 25.1 Å². The lowest BCUT2D eigenvalue weighted by atomic mass is 9.93. The lowest BCUT2D eigenvalue weighted by molar-refractivity contribution is -0.192. The normalized spacial score (nSPS) is 15.1. The third-order valence-electron chi connectivity index (χ3n) is 7.70. The molecule has 2 aromatic carbocycles. The topological polar surface area (TPSA) is 138 Å². The van der Waals surface area contributed by atoms with Crippen molar-refractivity contribution in [3.63, 3.8) is 0 Å². The van der Waals surface area contributed by atoms with Crippen LogP contribution in [0.5, 0.6) is 5.75 Å². The number of aromatic nitrogens is 2. The second kappa shape index (κ2) is 15.9. The number of halogens is 8. The Morgan fingerprint density at radius 1 is 1.08 bits per heavy atom. The number of imidazole rings is 1. The first-order chi connectivity index (χ1) is 23.0. The van der Waals surface area contributed by atoms with E-state index in [1.54, 1.807) is 0 Å². The number of anilines is 1. The zero-order chi connectivity index (χ0) is 36.0. The van der Waals surface area contributed by atoms with Gasteiger partial charge in [0, 0.05) is 57.6 Å². The first-order valence-corrected chi connectivity index (χ1v) is 15.0. The number of amides is 2. The molecule has 0 spiro atoms. The summed E-state index contributed by atoms with van der Waals surface area (Å²) in [6.45, 7) is 2.62. The standard InChI is InChI=1S/C28H29ClF4N6O3.C2HF3O2/c1-38-21(19-4-5-22(42-28(32)33)24(31)23(19)30)11-36-25(38)27(41)37-17-2-3-18(20(29)8-17)26(40)35-7-6-15-12-39(13-15)14-16-9-34-10-16;3-2(4,5)1(6)7/h2-5,8,11,15-16,28,34H,6-7,9-10,12-14H2,1H3,(H,35,40)(H,37,41);(H,6,7). The highest BCUT2D eigenvalue weighted by Crippen LogP contribution is 2.31. The van der Waals surface area contributed by atoms with Crippen LogP contribution in [0.4, 0.5) is 36.4 Å². The predicted molar refractivity (Wildman–Crippen MR) is 162 cm³/mol. The Balaban J connectivity index is 0.000000698. The Bertz CT molecular complexity index is 1680. The van der Waals surface area contributed by atoms with E-state index in [4.69, 9.17) is 21.5 Å². The second-order valence-corrected chi connectivity index (χ2v) is 11.7. The van der Waals surface area contributed by atoms with Gasteiger partial charge in [0.25, 0.3) is 11.8 Å². The number of carboxylic acid groups (broad SMARTS) is 1. The summed E-state index contributed by atoms with van der Waals surface area (Å²) in [5.74, 6) is -6.55. The Labute approximate surface area is 279 Å². The molecular weight excluding hydrogens is 693 g/mol. The lowest BCUT2D eigenvalue weighted by Crippen LogP contribution is -2.55. The molecule has 0 radical (unpaired) electrons. The molecule has 11 nitrogen and oxygen atoms in total. The van der Waals surface area contributed by atoms with Gasteiger partial charge in [-0.15, -0.1) is 0 Å². The number of likely N-dealkylation sites (tertiary alicyclic amines) is 1. The highest BCUT2D eigenvalue weighted by atomic mass is 35.5. The number of aliphatic carboxylic acids is 1. The Kier molecular flexibility index (Phi) is 12.1. The molecule has 3 heterocycles. The number of carboxylic acids is 1. The number of ether oxygens (including phenoxy) is 1. The van der Waals surface area contributed by atoms with Gasteiger partial charge in [0.2, 0.25) is 5.82 Å². The summed E-state index contributed by atoms with van der Waals surface area (Å²) in [4.78, 5) is 40.9.